The molecule has 0 bridgehead atoms. The van der Waals surface area contributed by atoms with Gasteiger partial charge in [-0.2, -0.15) is 0 Å². The molecule has 22 heavy (non-hydrogen) atoms. The predicted octanol–water partition coefficient (Wildman–Crippen LogP) is -0.121. The highest BCUT2D eigenvalue weighted by molar-refractivity contribution is 7.91. The van der Waals surface area contributed by atoms with Crippen LogP contribution in [0.4, 0.5) is 4.79 Å². The molecule has 0 saturated carbocycles. The van der Waals surface area contributed by atoms with E-state index in [1.54, 1.807) is 4.90 Å². The minimum atomic E-state index is -2.94. The number of carbonyl (C=O) groups excluding carboxylic acids is 1. The molecule has 7 nitrogen and oxygen atoms in total. The minimum Gasteiger partial charge on any atom is -0.377 e. The standard InChI is InChI=1S/C14H27N3O4S/c1-13(2)21-10-7-15-3-5-16(6-4-15)14(18)17-8-11-22(19,20)12-9-17/h13H,3-12H2,1-2H3. The zero-order valence-electron chi connectivity index (χ0n) is 13.5. The van der Waals surface area contributed by atoms with Gasteiger partial charge in [0.25, 0.3) is 0 Å². The number of urea groups is 1. The topological polar surface area (TPSA) is 70.2 Å². The number of rotatable bonds is 4. The van der Waals surface area contributed by atoms with E-state index < -0.39 is 9.84 Å². The van der Waals surface area contributed by atoms with Crippen LogP contribution in [-0.2, 0) is 14.6 Å². The Hall–Kier alpha value is -0.860. The molecule has 0 radical (unpaired) electrons. The smallest absolute Gasteiger partial charge is 0.320 e. The lowest BCUT2D eigenvalue weighted by Crippen LogP contribution is -2.55. The van der Waals surface area contributed by atoms with Crippen LogP contribution in [0.1, 0.15) is 13.8 Å². The van der Waals surface area contributed by atoms with Gasteiger partial charge in [-0.05, 0) is 13.8 Å². The molecule has 0 spiro atoms. The lowest BCUT2D eigenvalue weighted by Gasteiger charge is -2.38. The van der Waals surface area contributed by atoms with Crippen molar-refractivity contribution >= 4 is 15.9 Å². The van der Waals surface area contributed by atoms with Crippen LogP contribution >= 0.6 is 0 Å². The van der Waals surface area contributed by atoms with Crippen LogP contribution in [0.2, 0.25) is 0 Å². The molecule has 0 aromatic heterocycles. The third kappa shape index (κ3) is 5.10. The number of carbonyl (C=O) groups is 1. The molecule has 8 heteroatoms. The number of piperazine rings is 1. The van der Waals surface area contributed by atoms with Crippen molar-refractivity contribution in [3.8, 4) is 0 Å². The molecule has 0 unspecified atom stereocenters. The summed E-state index contributed by atoms with van der Waals surface area (Å²) < 4.78 is 28.4. The molecule has 2 fully saturated rings. The van der Waals surface area contributed by atoms with Gasteiger partial charge in [0.15, 0.2) is 9.84 Å². The van der Waals surface area contributed by atoms with Gasteiger partial charge in [0.05, 0.1) is 24.2 Å². The van der Waals surface area contributed by atoms with Crippen LogP contribution in [0.25, 0.3) is 0 Å². The summed E-state index contributed by atoms with van der Waals surface area (Å²) in [6.45, 7) is 9.39. The van der Waals surface area contributed by atoms with Gasteiger partial charge < -0.3 is 14.5 Å². The number of amides is 2. The molecule has 0 aromatic rings. The summed E-state index contributed by atoms with van der Waals surface area (Å²) in [6.07, 6.45) is 0.248. The molecule has 0 atom stereocenters. The second kappa shape index (κ2) is 7.61. The van der Waals surface area contributed by atoms with Gasteiger partial charge in [-0.25, -0.2) is 13.2 Å². The van der Waals surface area contributed by atoms with Gasteiger partial charge in [0.2, 0.25) is 0 Å². The van der Waals surface area contributed by atoms with E-state index in [4.69, 9.17) is 4.74 Å². The summed E-state index contributed by atoms with van der Waals surface area (Å²) in [4.78, 5) is 18.2. The van der Waals surface area contributed by atoms with E-state index in [9.17, 15) is 13.2 Å². The van der Waals surface area contributed by atoms with Gasteiger partial charge in [-0.15, -0.1) is 0 Å². The molecular weight excluding hydrogens is 306 g/mol. The van der Waals surface area contributed by atoms with Crippen molar-refractivity contribution in [2.24, 2.45) is 0 Å². The van der Waals surface area contributed by atoms with Gasteiger partial charge in [-0.3, -0.25) is 4.90 Å². The Balaban J connectivity index is 1.71. The molecule has 0 aliphatic carbocycles. The van der Waals surface area contributed by atoms with Gasteiger partial charge in [0, 0.05) is 45.8 Å². The van der Waals surface area contributed by atoms with E-state index in [2.05, 4.69) is 4.90 Å². The van der Waals surface area contributed by atoms with Crippen LogP contribution in [0, 0.1) is 0 Å². The largest absolute Gasteiger partial charge is 0.377 e. The fourth-order valence-corrected chi connectivity index (χ4v) is 3.89. The van der Waals surface area contributed by atoms with Crippen molar-refractivity contribution in [2.75, 3.05) is 63.9 Å². The highest BCUT2D eigenvalue weighted by Crippen LogP contribution is 2.10. The highest BCUT2D eigenvalue weighted by Gasteiger charge is 2.29. The summed E-state index contributed by atoms with van der Waals surface area (Å²) in [5.74, 6) is 0.177. The van der Waals surface area contributed by atoms with Gasteiger partial charge in [-0.1, -0.05) is 0 Å². The van der Waals surface area contributed by atoms with Crippen LogP contribution in [0.3, 0.4) is 0 Å². The molecular formula is C14H27N3O4S. The first-order valence-corrected chi connectivity index (χ1v) is 9.78. The van der Waals surface area contributed by atoms with Crippen LogP contribution < -0.4 is 0 Å². The average molecular weight is 333 g/mol. The molecule has 2 amide bonds. The quantitative estimate of drug-likeness (QED) is 0.717. The van der Waals surface area contributed by atoms with E-state index in [1.807, 2.05) is 18.7 Å². The summed E-state index contributed by atoms with van der Waals surface area (Å²) in [5.41, 5.74) is 0. The average Bonchev–Trinajstić information content (AvgIpc) is 2.47. The molecule has 0 aromatic carbocycles. The Labute approximate surface area is 133 Å². The molecule has 0 N–H and O–H groups in total. The van der Waals surface area contributed by atoms with Gasteiger partial charge >= 0.3 is 6.03 Å². The van der Waals surface area contributed by atoms with Crippen LogP contribution in [-0.4, -0.2) is 99.2 Å². The first-order chi connectivity index (χ1) is 10.4. The Morgan fingerprint density at radius 2 is 1.55 bits per heavy atom. The first-order valence-electron chi connectivity index (χ1n) is 7.95. The SMILES string of the molecule is CC(C)OCCN1CCN(C(=O)N2CCS(=O)(=O)CC2)CC1. The van der Waals surface area contributed by atoms with Crippen molar-refractivity contribution in [2.45, 2.75) is 20.0 Å². The minimum absolute atomic E-state index is 0.0204. The highest BCUT2D eigenvalue weighted by atomic mass is 32.2. The number of nitrogens with zero attached hydrogens (tertiary/aromatic N) is 3. The normalized spacial score (nSPS) is 23.0. The molecule has 2 rings (SSSR count). The third-order valence-corrected chi connectivity index (χ3v) is 5.73. The number of hydrogen-bond acceptors (Lipinski definition) is 5. The summed E-state index contributed by atoms with van der Waals surface area (Å²) in [7, 11) is -2.94. The van der Waals surface area contributed by atoms with Crippen molar-refractivity contribution in [1.29, 1.82) is 0 Å². The maximum absolute atomic E-state index is 12.4. The Morgan fingerprint density at radius 3 is 2.09 bits per heavy atom. The second-order valence-electron chi connectivity index (χ2n) is 6.17. The van der Waals surface area contributed by atoms with Crippen molar-refractivity contribution in [3.05, 3.63) is 0 Å². The van der Waals surface area contributed by atoms with E-state index >= 15 is 0 Å². The third-order valence-electron chi connectivity index (χ3n) is 4.12. The van der Waals surface area contributed by atoms with Crippen LogP contribution in [0.5, 0.6) is 0 Å². The fourth-order valence-electron chi connectivity index (χ4n) is 2.68. The van der Waals surface area contributed by atoms with Crippen molar-refractivity contribution in [3.63, 3.8) is 0 Å². The monoisotopic (exact) mass is 333 g/mol. The number of ether oxygens (including phenoxy) is 1. The van der Waals surface area contributed by atoms with E-state index in [0.717, 1.165) is 26.2 Å². The van der Waals surface area contributed by atoms with E-state index in [1.165, 1.54) is 0 Å². The maximum Gasteiger partial charge on any atom is 0.320 e. The molecule has 2 aliphatic rings. The maximum atomic E-state index is 12.4. The summed E-state index contributed by atoms with van der Waals surface area (Å²) in [6, 6.07) is -0.0204. The van der Waals surface area contributed by atoms with E-state index in [-0.39, 0.29) is 23.6 Å². The van der Waals surface area contributed by atoms with Gasteiger partial charge in [0.1, 0.15) is 0 Å². The predicted molar refractivity (Wildman–Crippen MR) is 84.7 cm³/mol. The Morgan fingerprint density at radius 1 is 1.00 bits per heavy atom. The first kappa shape index (κ1) is 17.5. The fraction of sp³-hybridized carbons (Fsp3) is 0.929. The zero-order chi connectivity index (χ0) is 16.2. The molecule has 128 valence electrons. The van der Waals surface area contributed by atoms with E-state index in [0.29, 0.717) is 26.2 Å². The summed E-state index contributed by atoms with van der Waals surface area (Å²) >= 11 is 0. The molecule has 2 heterocycles. The molecule has 2 saturated heterocycles. The summed E-state index contributed by atoms with van der Waals surface area (Å²) in [5, 5.41) is 0. The van der Waals surface area contributed by atoms with Crippen molar-refractivity contribution < 1.29 is 17.9 Å². The van der Waals surface area contributed by atoms with Crippen molar-refractivity contribution in [1.82, 2.24) is 14.7 Å². The Kier molecular flexibility index (Phi) is 6.05. The lowest BCUT2D eigenvalue weighted by molar-refractivity contribution is 0.0465. The Bertz CT molecular complexity index is 458. The zero-order valence-corrected chi connectivity index (χ0v) is 14.3. The number of hydrogen-bond donors (Lipinski definition) is 0. The lowest BCUT2D eigenvalue weighted by atomic mass is 10.3. The second-order valence-corrected chi connectivity index (χ2v) is 8.47. The van der Waals surface area contributed by atoms with Crippen LogP contribution in [0.15, 0.2) is 0 Å². The molecule has 2 aliphatic heterocycles. The number of sulfone groups is 1.